The van der Waals surface area contributed by atoms with E-state index in [1.807, 2.05) is 30.7 Å². The van der Waals surface area contributed by atoms with Gasteiger partial charge >= 0.3 is 0 Å². The second kappa shape index (κ2) is 6.72. The fourth-order valence-electron chi connectivity index (χ4n) is 1.74. The number of aromatic nitrogens is 1. The summed E-state index contributed by atoms with van der Waals surface area (Å²) in [5.74, 6) is 0.415. The molecule has 1 atom stereocenters. The van der Waals surface area contributed by atoms with Crippen LogP contribution in [0.5, 0.6) is 0 Å². The maximum absolute atomic E-state index is 12.1. The molecular weight excluding hydrogens is 294 g/mol. The van der Waals surface area contributed by atoms with Crippen LogP contribution in [0.25, 0.3) is 0 Å². The third-order valence-electron chi connectivity index (χ3n) is 2.84. The maximum Gasteiger partial charge on any atom is 0.253 e. The maximum atomic E-state index is 12.1. The average molecular weight is 310 g/mol. The molecule has 20 heavy (non-hydrogen) atoms. The summed E-state index contributed by atoms with van der Waals surface area (Å²) < 4.78 is 0. The van der Waals surface area contributed by atoms with E-state index in [0.29, 0.717) is 16.4 Å². The van der Waals surface area contributed by atoms with Crippen molar-refractivity contribution in [1.29, 1.82) is 0 Å². The number of anilines is 1. The number of carbonyl (C=O) groups is 1. The Kier molecular flexibility index (Phi) is 4.98. The molecule has 2 N–H and O–H groups in total. The molecule has 6 heteroatoms. The number of nitrogens with one attached hydrogen (secondary N) is 2. The molecule has 0 radical (unpaired) electrons. The molecule has 106 valence electrons. The molecule has 2 aromatic heterocycles. The van der Waals surface area contributed by atoms with Crippen molar-refractivity contribution in [2.75, 3.05) is 11.9 Å². The van der Waals surface area contributed by atoms with Crippen molar-refractivity contribution in [3.63, 3.8) is 0 Å². The second-order valence-electron chi connectivity index (χ2n) is 4.34. The van der Waals surface area contributed by atoms with Crippen LogP contribution in [0.3, 0.4) is 0 Å². The lowest BCUT2D eigenvalue weighted by Gasteiger charge is -2.13. The number of carbonyl (C=O) groups excluding carboxylic acids is 1. The molecule has 0 bridgehead atoms. The quantitative estimate of drug-likeness (QED) is 0.885. The van der Waals surface area contributed by atoms with Crippen LogP contribution in [-0.2, 0) is 0 Å². The summed E-state index contributed by atoms with van der Waals surface area (Å²) in [4.78, 5) is 16.3. The molecule has 0 fully saturated rings. The lowest BCUT2D eigenvalue weighted by atomic mass is 10.1. The van der Waals surface area contributed by atoms with Gasteiger partial charge in [0, 0.05) is 12.7 Å². The summed E-state index contributed by atoms with van der Waals surface area (Å²) in [6.07, 6.45) is 1.53. The zero-order valence-electron chi connectivity index (χ0n) is 11.3. The summed E-state index contributed by atoms with van der Waals surface area (Å²) in [5, 5.41) is 10.4. The molecule has 1 amide bonds. The van der Waals surface area contributed by atoms with Gasteiger partial charge in [-0.2, -0.15) is 11.3 Å². The Hall–Kier alpha value is -1.59. The average Bonchev–Trinajstić information content (AvgIpc) is 2.95. The first kappa shape index (κ1) is 14.8. The lowest BCUT2D eigenvalue weighted by Crippen LogP contribution is -2.26. The first-order chi connectivity index (χ1) is 9.61. The van der Waals surface area contributed by atoms with Crippen molar-refractivity contribution < 1.29 is 4.79 Å². The lowest BCUT2D eigenvalue weighted by molar-refractivity contribution is 0.0939. The molecule has 0 saturated carbocycles. The Labute approximate surface area is 127 Å². The first-order valence-electron chi connectivity index (χ1n) is 6.34. The SMILES string of the molecule is CCNc1ncc(C(=O)NC(C)c2ccsc2)cc1Cl. The van der Waals surface area contributed by atoms with E-state index in [9.17, 15) is 4.79 Å². The normalized spacial score (nSPS) is 11.9. The fourth-order valence-corrected chi connectivity index (χ4v) is 2.73. The van der Waals surface area contributed by atoms with E-state index in [1.165, 1.54) is 6.20 Å². The van der Waals surface area contributed by atoms with Gasteiger partial charge in [0.25, 0.3) is 5.91 Å². The molecule has 0 spiro atoms. The Bertz CT molecular complexity index is 586. The molecule has 0 aromatic carbocycles. The van der Waals surface area contributed by atoms with Gasteiger partial charge in [0.05, 0.1) is 16.6 Å². The molecular formula is C14H16ClN3OS. The highest BCUT2D eigenvalue weighted by molar-refractivity contribution is 7.07. The minimum Gasteiger partial charge on any atom is -0.369 e. The molecule has 4 nitrogen and oxygen atoms in total. The highest BCUT2D eigenvalue weighted by Gasteiger charge is 2.13. The van der Waals surface area contributed by atoms with Crippen LogP contribution in [0.1, 0.15) is 35.8 Å². The van der Waals surface area contributed by atoms with Crippen molar-refractivity contribution in [2.45, 2.75) is 19.9 Å². The van der Waals surface area contributed by atoms with Crippen molar-refractivity contribution in [1.82, 2.24) is 10.3 Å². The Morgan fingerprint density at radius 1 is 1.55 bits per heavy atom. The van der Waals surface area contributed by atoms with Gasteiger partial charge in [-0.3, -0.25) is 4.79 Å². The van der Waals surface area contributed by atoms with Gasteiger partial charge in [-0.25, -0.2) is 4.98 Å². The number of halogens is 1. The van der Waals surface area contributed by atoms with Crippen molar-refractivity contribution in [3.05, 3.63) is 45.2 Å². The van der Waals surface area contributed by atoms with Gasteiger partial charge in [-0.05, 0) is 42.3 Å². The highest BCUT2D eigenvalue weighted by Crippen LogP contribution is 2.21. The second-order valence-corrected chi connectivity index (χ2v) is 5.52. The zero-order valence-corrected chi connectivity index (χ0v) is 12.9. The van der Waals surface area contributed by atoms with E-state index in [4.69, 9.17) is 11.6 Å². The molecule has 0 saturated heterocycles. The van der Waals surface area contributed by atoms with E-state index in [2.05, 4.69) is 15.6 Å². The van der Waals surface area contributed by atoms with E-state index < -0.39 is 0 Å². The Morgan fingerprint density at radius 2 is 2.35 bits per heavy atom. The van der Waals surface area contributed by atoms with Crippen LogP contribution in [-0.4, -0.2) is 17.4 Å². The molecule has 0 aliphatic carbocycles. The van der Waals surface area contributed by atoms with E-state index in [-0.39, 0.29) is 11.9 Å². The minimum absolute atomic E-state index is 0.0408. The van der Waals surface area contributed by atoms with Crippen molar-refractivity contribution >= 4 is 34.7 Å². The predicted molar refractivity (Wildman–Crippen MR) is 83.6 cm³/mol. The molecule has 1 unspecified atom stereocenters. The smallest absolute Gasteiger partial charge is 0.253 e. The number of rotatable bonds is 5. The topological polar surface area (TPSA) is 54.0 Å². The van der Waals surface area contributed by atoms with Crippen LogP contribution in [0.4, 0.5) is 5.82 Å². The largest absolute Gasteiger partial charge is 0.369 e. The van der Waals surface area contributed by atoms with Gasteiger partial charge < -0.3 is 10.6 Å². The zero-order chi connectivity index (χ0) is 14.5. The van der Waals surface area contributed by atoms with Crippen LogP contribution in [0, 0.1) is 0 Å². The summed E-state index contributed by atoms with van der Waals surface area (Å²) in [7, 11) is 0. The predicted octanol–water partition coefficient (Wildman–Crippen LogP) is 3.72. The van der Waals surface area contributed by atoms with Crippen LogP contribution >= 0.6 is 22.9 Å². The summed E-state index contributed by atoms with van der Waals surface area (Å²) >= 11 is 7.69. The standard InChI is InChI=1S/C14H16ClN3OS/c1-3-16-13-12(15)6-11(7-17-13)14(19)18-9(2)10-4-5-20-8-10/h4-9H,3H2,1-2H3,(H,16,17)(H,18,19). The Balaban J connectivity index is 2.07. The summed E-state index contributed by atoms with van der Waals surface area (Å²) in [6.45, 7) is 4.64. The molecule has 0 aliphatic rings. The minimum atomic E-state index is -0.179. The summed E-state index contributed by atoms with van der Waals surface area (Å²) in [6, 6.07) is 3.58. The van der Waals surface area contributed by atoms with Crippen molar-refractivity contribution in [3.8, 4) is 0 Å². The van der Waals surface area contributed by atoms with Crippen LogP contribution < -0.4 is 10.6 Å². The molecule has 0 aliphatic heterocycles. The fraction of sp³-hybridized carbons (Fsp3) is 0.286. The number of thiophene rings is 1. The van der Waals surface area contributed by atoms with Crippen LogP contribution in [0.15, 0.2) is 29.1 Å². The van der Waals surface area contributed by atoms with Gasteiger partial charge in [-0.1, -0.05) is 11.6 Å². The number of pyridine rings is 1. The number of nitrogens with zero attached hydrogens (tertiary/aromatic N) is 1. The first-order valence-corrected chi connectivity index (χ1v) is 7.66. The number of hydrogen-bond donors (Lipinski definition) is 2. The molecule has 2 rings (SSSR count). The van der Waals surface area contributed by atoms with E-state index in [0.717, 1.165) is 12.1 Å². The number of hydrogen-bond acceptors (Lipinski definition) is 4. The van der Waals surface area contributed by atoms with Crippen LogP contribution in [0.2, 0.25) is 5.02 Å². The Morgan fingerprint density at radius 3 is 2.95 bits per heavy atom. The van der Waals surface area contributed by atoms with Gasteiger partial charge in [-0.15, -0.1) is 0 Å². The highest BCUT2D eigenvalue weighted by atomic mass is 35.5. The third-order valence-corrected chi connectivity index (χ3v) is 3.83. The van der Waals surface area contributed by atoms with Crippen molar-refractivity contribution in [2.24, 2.45) is 0 Å². The summed E-state index contributed by atoms with van der Waals surface area (Å²) in [5.41, 5.74) is 1.55. The molecule has 2 aromatic rings. The molecule has 2 heterocycles. The number of amides is 1. The van der Waals surface area contributed by atoms with E-state index in [1.54, 1.807) is 17.4 Å². The third kappa shape index (κ3) is 3.49. The van der Waals surface area contributed by atoms with Gasteiger partial charge in [0.1, 0.15) is 5.82 Å². The van der Waals surface area contributed by atoms with Gasteiger partial charge in [0.2, 0.25) is 0 Å². The monoisotopic (exact) mass is 309 g/mol. The van der Waals surface area contributed by atoms with Gasteiger partial charge in [0.15, 0.2) is 0 Å². The van der Waals surface area contributed by atoms with E-state index >= 15 is 0 Å².